The molecule has 0 bridgehead atoms. The van der Waals surface area contributed by atoms with Crippen LogP contribution in [0.2, 0.25) is 0 Å². The van der Waals surface area contributed by atoms with Crippen LogP contribution in [0.3, 0.4) is 0 Å². The van der Waals surface area contributed by atoms with Crippen molar-refractivity contribution in [3.8, 4) is 0 Å². The summed E-state index contributed by atoms with van der Waals surface area (Å²) in [6.07, 6.45) is 4.39. The van der Waals surface area contributed by atoms with Gasteiger partial charge in [0, 0.05) is 6.04 Å². The van der Waals surface area contributed by atoms with E-state index in [2.05, 4.69) is 9.55 Å². The Balaban J connectivity index is 2.20. The molecule has 0 aliphatic heterocycles. The Hall–Kier alpha value is -1.29. The van der Waals surface area contributed by atoms with Crippen molar-refractivity contribution >= 4 is 24.0 Å². The number of hydrogen-bond donors (Lipinski definition) is 1. The normalized spacial score (nSPS) is 16.1. The summed E-state index contributed by atoms with van der Waals surface area (Å²) >= 11 is 0. The summed E-state index contributed by atoms with van der Waals surface area (Å²) in [5, 5.41) is 8.93. The highest BCUT2D eigenvalue weighted by molar-refractivity contribution is 6.45. The second kappa shape index (κ2) is 2.85. The predicted octanol–water partition coefficient (Wildman–Crippen LogP) is 0.608. The van der Waals surface area contributed by atoms with Crippen molar-refractivity contribution in [1.29, 1.82) is 0 Å². The quantitative estimate of drug-likeness (QED) is 0.696. The maximum Gasteiger partial charge on any atom is 0.326 e. The van der Waals surface area contributed by atoms with Gasteiger partial charge in [-0.15, -0.1) is 0 Å². The number of fused-ring (bicyclic) bond motifs is 1. The van der Waals surface area contributed by atoms with Crippen molar-refractivity contribution in [2.24, 2.45) is 0 Å². The lowest BCUT2D eigenvalue weighted by molar-refractivity contribution is 0.615. The summed E-state index contributed by atoms with van der Waals surface area (Å²) in [4.78, 5) is 4.32. The summed E-state index contributed by atoms with van der Waals surface area (Å²) in [5.41, 5.74) is 2.96. The molecule has 1 radical (unpaired) electrons. The topological polar surface area (TPSA) is 38.1 Å². The van der Waals surface area contributed by atoms with E-state index in [0.29, 0.717) is 6.04 Å². The van der Waals surface area contributed by atoms with E-state index in [0.717, 1.165) is 24.0 Å². The first-order chi connectivity index (χ1) is 6.88. The molecule has 2 aromatic rings. The fourth-order valence-corrected chi connectivity index (χ4v) is 1.77. The Bertz CT molecular complexity index is 476. The van der Waals surface area contributed by atoms with Crippen LogP contribution in [0, 0.1) is 0 Å². The highest BCUT2D eigenvalue weighted by Crippen LogP contribution is 2.36. The molecule has 1 aromatic carbocycles. The Morgan fingerprint density at radius 1 is 1.43 bits per heavy atom. The van der Waals surface area contributed by atoms with Gasteiger partial charge < -0.3 is 9.59 Å². The number of nitrogens with zero attached hydrogens (tertiary/aromatic N) is 2. The molecule has 0 amide bonds. The summed E-state index contributed by atoms with van der Waals surface area (Å²) in [7, 11) is 1.13. The highest BCUT2D eigenvalue weighted by atomic mass is 16.2. The van der Waals surface area contributed by atoms with Crippen LogP contribution in [0.4, 0.5) is 0 Å². The standard InChI is InChI=1S/C10H10BN2O/c14-11-7-1-4-9-10(5-7)13(6-12-9)8-2-3-8/h1,4-6,8,14H,2-3H2. The number of benzene rings is 1. The van der Waals surface area contributed by atoms with E-state index >= 15 is 0 Å². The Morgan fingerprint density at radius 2 is 2.29 bits per heavy atom. The zero-order valence-corrected chi connectivity index (χ0v) is 7.72. The minimum Gasteiger partial charge on any atom is -0.450 e. The first-order valence-corrected chi connectivity index (χ1v) is 4.82. The fraction of sp³-hybridized carbons (Fsp3) is 0.300. The van der Waals surface area contributed by atoms with Crippen LogP contribution in [0.15, 0.2) is 24.5 Å². The Labute approximate surface area is 82.7 Å². The van der Waals surface area contributed by atoms with Crippen molar-refractivity contribution in [2.75, 3.05) is 0 Å². The number of imidazole rings is 1. The van der Waals surface area contributed by atoms with Gasteiger partial charge in [-0.3, -0.25) is 0 Å². The SMILES string of the molecule is O[B]c1ccc2ncn(C3CC3)c2c1. The Morgan fingerprint density at radius 3 is 3.00 bits per heavy atom. The largest absolute Gasteiger partial charge is 0.450 e. The zero-order valence-electron chi connectivity index (χ0n) is 7.72. The van der Waals surface area contributed by atoms with Crippen molar-refractivity contribution < 1.29 is 5.02 Å². The molecule has 0 saturated heterocycles. The smallest absolute Gasteiger partial charge is 0.326 e. The molecule has 3 rings (SSSR count). The molecule has 4 heteroatoms. The summed E-state index contributed by atoms with van der Waals surface area (Å²) in [6.45, 7) is 0. The molecule has 1 saturated carbocycles. The van der Waals surface area contributed by atoms with Gasteiger partial charge in [-0.1, -0.05) is 11.5 Å². The fourth-order valence-electron chi connectivity index (χ4n) is 1.77. The molecule has 3 nitrogen and oxygen atoms in total. The monoisotopic (exact) mass is 185 g/mol. The van der Waals surface area contributed by atoms with Gasteiger partial charge in [-0.25, -0.2) is 4.98 Å². The number of hydrogen-bond acceptors (Lipinski definition) is 2. The second-order valence-corrected chi connectivity index (χ2v) is 3.76. The van der Waals surface area contributed by atoms with Crippen molar-refractivity contribution in [2.45, 2.75) is 18.9 Å². The summed E-state index contributed by atoms with van der Waals surface area (Å²) in [5.74, 6) is 0. The van der Waals surface area contributed by atoms with Crippen molar-refractivity contribution in [1.82, 2.24) is 9.55 Å². The van der Waals surface area contributed by atoms with Gasteiger partial charge in [0.1, 0.15) is 0 Å². The molecule has 0 atom stereocenters. The lowest BCUT2D eigenvalue weighted by Gasteiger charge is -2.01. The second-order valence-electron chi connectivity index (χ2n) is 3.76. The maximum absolute atomic E-state index is 8.93. The maximum atomic E-state index is 8.93. The highest BCUT2D eigenvalue weighted by Gasteiger charge is 2.24. The van der Waals surface area contributed by atoms with E-state index in [1.54, 1.807) is 0 Å². The van der Waals surface area contributed by atoms with Gasteiger partial charge in [0.15, 0.2) is 0 Å². The third kappa shape index (κ3) is 1.15. The van der Waals surface area contributed by atoms with E-state index in [4.69, 9.17) is 5.02 Å². The minimum absolute atomic E-state index is 0.633. The van der Waals surface area contributed by atoms with Gasteiger partial charge in [-0.2, -0.15) is 0 Å². The molecule has 0 unspecified atom stereocenters. The number of aromatic nitrogens is 2. The lowest BCUT2D eigenvalue weighted by atomic mass is 9.89. The van der Waals surface area contributed by atoms with Gasteiger partial charge in [0.2, 0.25) is 0 Å². The molecule has 1 aromatic heterocycles. The molecule has 1 aliphatic carbocycles. The first kappa shape index (κ1) is 8.06. The minimum atomic E-state index is 0.633. The van der Waals surface area contributed by atoms with Gasteiger partial charge in [0.05, 0.1) is 17.4 Å². The zero-order chi connectivity index (χ0) is 9.54. The number of rotatable bonds is 2. The molecule has 69 valence electrons. The molecule has 1 aliphatic rings. The molecule has 1 N–H and O–H groups in total. The average molecular weight is 185 g/mol. The molecular weight excluding hydrogens is 175 g/mol. The van der Waals surface area contributed by atoms with Gasteiger partial charge in [-0.05, 0) is 25.0 Å². The molecular formula is C10H10BN2O. The van der Waals surface area contributed by atoms with E-state index in [1.807, 2.05) is 24.5 Å². The van der Waals surface area contributed by atoms with Crippen LogP contribution in [0.25, 0.3) is 11.0 Å². The average Bonchev–Trinajstić information content (AvgIpc) is 2.98. The third-order valence-corrected chi connectivity index (χ3v) is 2.69. The first-order valence-electron chi connectivity index (χ1n) is 4.82. The molecule has 1 fully saturated rings. The predicted molar refractivity (Wildman–Crippen MR) is 55.6 cm³/mol. The molecule has 1 heterocycles. The van der Waals surface area contributed by atoms with E-state index in [9.17, 15) is 0 Å². The van der Waals surface area contributed by atoms with E-state index in [1.165, 1.54) is 12.8 Å². The Kier molecular flexibility index (Phi) is 1.64. The van der Waals surface area contributed by atoms with Crippen molar-refractivity contribution in [3.05, 3.63) is 24.5 Å². The lowest BCUT2D eigenvalue weighted by Crippen LogP contribution is -2.12. The van der Waals surface area contributed by atoms with Crippen molar-refractivity contribution in [3.63, 3.8) is 0 Å². The van der Waals surface area contributed by atoms with Crippen LogP contribution in [-0.2, 0) is 0 Å². The third-order valence-electron chi connectivity index (χ3n) is 2.69. The summed E-state index contributed by atoms with van der Waals surface area (Å²) < 4.78 is 2.20. The van der Waals surface area contributed by atoms with E-state index < -0.39 is 0 Å². The van der Waals surface area contributed by atoms with Crippen LogP contribution in [0.1, 0.15) is 18.9 Å². The summed E-state index contributed by atoms with van der Waals surface area (Å²) in [6, 6.07) is 6.41. The van der Waals surface area contributed by atoms with Gasteiger partial charge in [0.25, 0.3) is 0 Å². The molecule has 14 heavy (non-hydrogen) atoms. The van der Waals surface area contributed by atoms with Crippen LogP contribution < -0.4 is 5.46 Å². The van der Waals surface area contributed by atoms with E-state index in [-0.39, 0.29) is 0 Å². The van der Waals surface area contributed by atoms with Crippen LogP contribution in [-0.4, -0.2) is 22.1 Å². The van der Waals surface area contributed by atoms with Crippen LogP contribution in [0.5, 0.6) is 0 Å². The van der Waals surface area contributed by atoms with Crippen LogP contribution >= 0.6 is 0 Å². The van der Waals surface area contributed by atoms with Gasteiger partial charge >= 0.3 is 7.48 Å². The molecule has 0 spiro atoms.